The van der Waals surface area contributed by atoms with Crippen molar-refractivity contribution < 1.29 is 9.59 Å². The zero-order chi connectivity index (χ0) is 15.9. The van der Waals surface area contributed by atoms with E-state index in [4.69, 9.17) is 0 Å². The summed E-state index contributed by atoms with van der Waals surface area (Å²) in [5.41, 5.74) is 0.550. The van der Waals surface area contributed by atoms with Crippen LogP contribution >= 0.6 is 28.3 Å². The highest BCUT2D eigenvalue weighted by molar-refractivity contribution is 9.10. The molecule has 0 aromatic heterocycles. The van der Waals surface area contributed by atoms with Crippen LogP contribution in [-0.4, -0.2) is 49.9 Å². The van der Waals surface area contributed by atoms with Gasteiger partial charge < -0.3 is 15.5 Å². The van der Waals surface area contributed by atoms with Gasteiger partial charge in [-0.05, 0) is 50.6 Å². The molecule has 1 aliphatic heterocycles. The van der Waals surface area contributed by atoms with Crippen molar-refractivity contribution in [3.63, 3.8) is 0 Å². The molecule has 1 aromatic rings. The molecule has 2 rings (SSSR count). The molecule has 1 heterocycles. The Morgan fingerprint density at radius 3 is 2.87 bits per heavy atom. The van der Waals surface area contributed by atoms with Gasteiger partial charge >= 0.3 is 0 Å². The van der Waals surface area contributed by atoms with E-state index in [1.54, 1.807) is 18.2 Å². The number of likely N-dealkylation sites (tertiary alicyclic amines) is 1. The lowest BCUT2D eigenvalue weighted by Crippen LogP contribution is -2.46. The first kappa shape index (κ1) is 19.9. The predicted molar refractivity (Wildman–Crippen MR) is 97.0 cm³/mol. The van der Waals surface area contributed by atoms with Gasteiger partial charge in [0.05, 0.1) is 6.54 Å². The molecule has 0 radical (unpaired) electrons. The number of nitrogens with one attached hydrogen (secondary N) is 2. The molecule has 1 aromatic carbocycles. The molecule has 1 atom stereocenters. The molecule has 1 aliphatic rings. The molecule has 0 bridgehead atoms. The molecular formula is C16H23BrClN3O2. The number of piperidine rings is 1. The van der Waals surface area contributed by atoms with E-state index in [1.807, 2.05) is 18.0 Å². The summed E-state index contributed by atoms with van der Waals surface area (Å²) in [6.45, 7) is 2.53. The molecule has 1 unspecified atom stereocenters. The highest BCUT2D eigenvalue weighted by Crippen LogP contribution is 2.15. The third-order valence-corrected chi connectivity index (χ3v) is 4.34. The lowest BCUT2D eigenvalue weighted by molar-refractivity contribution is -0.131. The maximum Gasteiger partial charge on any atom is 0.251 e. The summed E-state index contributed by atoms with van der Waals surface area (Å²) in [5.74, 6) is 0.270. The first-order valence-corrected chi connectivity index (χ1v) is 8.35. The zero-order valence-electron chi connectivity index (χ0n) is 13.2. The van der Waals surface area contributed by atoms with E-state index in [2.05, 4.69) is 26.6 Å². The minimum Gasteiger partial charge on any atom is -0.343 e. The van der Waals surface area contributed by atoms with E-state index < -0.39 is 0 Å². The van der Waals surface area contributed by atoms with Gasteiger partial charge in [-0.1, -0.05) is 22.0 Å². The molecule has 7 heteroatoms. The number of halogens is 2. The van der Waals surface area contributed by atoms with Crippen molar-refractivity contribution in [2.45, 2.75) is 12.8 Å². The van der Waals surface area contributed by atoms with Gasteiger partial charge in [-0.3, -0.25) is 9.59 Å². The van der Waals surface area contributed by atoms with Gasteiger partial charge in [0.1, 0.15) is 0 Å². The van der Waals surface area contributed by atoms with Crippen LogP contribution in [0.3, 0.4) is 0 Å². The van der Waals surface area contributed by atoms with E-state index >= 15 is 0 Å². The summed E-state index contributed by atoms with van der Waals surface area (Å²) >= 11 is 3.33. The SMILES string of the molecule is CNCC1CCCN(C(=O)CNC(=O)c2cccc(Br)c2)C1.Cl. The molecular weight excluding hydrogens is 382 g/mol. The molecule has 5 nitrogen and oxygen atoms in total. The summed E-state index contributed by atoms with van der Waals surface area (Å²) in [7, 11) is 1.93. The molecule has 2 N–H and O–H groups in total. The summed E-state index contributed by atoms with van der Waals surface area (Å²) in [4.78, 5) is 26.1. The van der Waals surface area contributed by atoms with E-state index in [1.165, 1.54) is 0 Å². The highest BCUT2D eigenvalue weighted by atomic mass is 79.9. The van der Waals surface area contributed by atoms with Crippen molar-refractivity contribution in [2.75, 3.05) is 33.2 Å². The second-order valence-corrected chi connectivity index (χ2v) is 6.51. The fourth-order valence-corrected chi connectivity index (χ4v) is 3.15. The Morgan fingerprint density at radius 2 is 2.17 bits per heavy atom. The number of hydrogen-bond donors (Lipinski definition) is 2. The van der Waals surface area contributed by atoms with Crippen LogP contribution in [0.5, 0.6) is 0 Å². The molecule has 0 saturated carbocycles. The maximum atomic E-state index is 12.2. The molecule has 128 valence electrons. The Balaban J connectivity index is 0.00000264. The Kier molecular flexibility index (Phi) is 8.58. The number of carbonyl (C=O) groups is 2. The Bertz CT molecular complexity index is 540. The Labute approximate surface area is 151 Å². The third kappa shape index (κ3) is 6.12. The molecule has 1 saturated heterocycles. The number of hydrogen-bond acceptors (Lipinski definition) is 3. The lowest BCUT2D eigenvalue weighted by Gasteiger charge is -2.32. The fraction of sp³-hybridized carbons (Fsp3) is 0.500. The molecule has 1 fully saturated rings. The van der Waals surface area contributed by atoms with Gasteiger partial charge in [0, 0.05) is 23.1 Å². The topological polar surface area (TPSA) is 61.4 Å². The van der Waals surface area contributed by atoms with Gasteiger partial charge in [-0.25, -0.2) is 0 Å². The van der Waals surface area contributed by atoms with Gasteiger partial charge in [0.15, 0.2) is 0 Å². The number of nitrogens with zero attached hydrogens (tertiary/aromatic N) is 1. The number of amides is 2. The largest absolute Gasteiger partial charge is 0.343 e. The van der Waals surface area contributed by atoms with Crippen molar-refractivity contribution in [1.82, 2.24) is 15.5 Å². The average Bonchev–Trinajstić information content (AvgIpc) is 2.53. The van der Waals surface area contributed by atoms with Crippen molar-refractivity contribution in [1.29, 1.82) is 0 Å². The fourth-order valence-electron chi connectivity index (χ4n) is 2.75. The maximum absolute atomic E-state index is 12.2. The normalized spacial score (nSPS) is 17.3. The predicted octanol–water partition coefficient (Wildman–Crippen LogP) is 2.06. The smallest absolute Gasteiger partial charge is 0.251 e. The van der Waals surface area contributed by atoms with Gasteiger partial charge in [-0.15, -0.1) is 12.4 Å². The third-order valence-electron chi connectivity index (χ3n) is 3.85. The molecule has 2 amide bonds. The van der Waals surface area contributed by atoms with Crippen LogP contribution in [0, 0.1) is 5.92 Å². The zero-order valence-corrected chi connectivity index (χ0v) is 15.6. The van der Waals surface area contributed by atoms with E-state index in [0.717, 1.165) is 36.9 Å². The minimum absolute atomic E-state index is 0. The number of rotatable bonds is 5. The number of carbonyl (C=O) groups excluding carboxylic acids is 2. The second-order valence-electron chi connectivity index (χ2n) is 5.60. The van der Waals surface area contributed by atoms with E-state index in [9.17, 15) is 9.59 Å². The number of benzene rings is 1. The Hall–Kier alpha value is -1.11. The first-order valence-electron chi connectivity index (χ1n) is 7.56. The summed E-state index contributed by atoms with van der Waals surface area (Å²) in [5, 5.41) is 5.87. The van der Waals surface area contributed by atoms with Crippen LogP contribution in [0.2, 0.25) is 0 Å². The summed E-state index contributed by atoms with van der Waals surface area (Å²) in [6, 6.07) is 7.13. The molecule has 0 spiro atoms. The van der Waals surface area contributed by atoms with Crippen molar-refractivity contribution in [3.05, 3.63) is 34.3 Å². The van der Waals surface area contributed by atoms with E-state index in [-0.39, 0.29) is 30.8 Å². The highest BCUT2D eigenvalue weighted by Gasteiger charge is 2.23. The van der Waals surface area contributed by atoms with Crippen LogP contribution in [-0.2, 0) is 4.79 Å². The van der Waals surface area contributed by atoms with Crippen molar-refractivity contribution >= 4 is 40.2 Å². The first-order chi connectivity index (χ1) is 10.6. The average molecular weight is 405 g/mol. The van der Waals surface area contributed by atoms with Crippen LogP contribution in [0.4, 0.5) is 0 Å². The van der Waals surface area contributed by atoms with Crippen molar-refractivity contribution in [3.8, 4) is 0 Å². The molecule has 0 aliphatic carbocycles. The summed E-state index contributed by atoms with van der Waals surface area (Å²) < 4.78 is 0.845. The minimum atomic E-state index is -0.224. The van der Waals surface area contributed by atoms with Crippen LogP contribution in [0.1, 0.15) is 23.2 Å². The summed E-state index contributed by atoms with van der Waals surface area (Å²) in [6.07, 6.45) is 2.17. The quantitative estimate of drug-likeness (QED) is 0.790. The lowest BCUT2D eigenvalue weighted by atomic mass is 9.98. The monoisotopic (exact) mass is 403 g/mol. The van der Waals surface area contributed by atoms with Crippen LogP contribution in [0.15, 0.2) is 28.7 Å². The molecule has 23 heavy (non-hydrogen) atoms. The van der Waals surface area contributed by atoms with Gasteiger partial charge in [0.2, 0.25) is 5.91 Å². The standard InChI is InChI=1S/C16H22BrN3O2.ClH/c1-18-9-12-4-3-7-20(11-12)15(21)10-19-16(22)13-5-2-6-14(17)8-13;/h2,5-6,8,12,18H,3-4,7,9-11H2,1H3,(H,19,22);1H. The van der Waals surface area contributed by atoms with Crippen LogP contribution < -0.4 is 10.6 Å². The Morgan fingerprint density at radius 1 is 1.39 bits per heavy atom. The van der Waals surface area contributed by atoms with E-state index in [0.29, 0.717) is 11.5 Å². The van der Waals surface area contributed by atoms with Gasteiger partial charge in [-0.2, -0.15) is 0 Å². The van der Waals surface area contributed by atoms with Crippen LogP contribution in [0.25, 0.3) is 0 Å². The van der Waals surface area contributed by atoms with Gasteiger partial charge in [0.25, 0.3) is 5.91 Å². The van der Waals surface area contributed by atoms with Crippen molar-refractivity contribution in [2.24, 2.45) is 5.92 Å². The second kappa shape index (κ2) is 9.90.